The number of aliphatic hydroxyl groups excluding tert-OH is 1. The summed E-state index contributed by atoms with van der Waals surface area (Å²) in [7, 11) is 0. The Kier molecular flexibility index (Phi) is 4.15. The number of ether oxygens (including phenoxy) is 1. The molecule has 3 rings (SSSR count). The van der Waals surface area contributed by atoms with Crippen molar-refractivity contribution in [1.29, 1.82) is 0 Å². The molecule has 0 saturated carbocycles. The van der Waals surface area contributed by atoms with Crippen molar-refractivity contribution in [2.24, 2.45) is 5.73 Å². The maximum atomic E-state index is 12.5. The van der Waals surface area contributed by atoms with Gasteiger partial charge in [-0.2, -0.15) is 0 Å². The van der Waals surface area contributed by atoms with E-state index in [9.17, 15) is 18.0 Å². The number of nitrogens with two attached hydrogens (primary N) is 1. The number of hydrogen-bond donors (Lipinski definition) is 2. The minimum absolute atomic E-state index is 0.0477. The first-order chi connectivity index (χ1) is 11.1. The Hall–Kier alpha value is -1.55. The molecule has 1 aromatic heterocycles. The number of carbonyl (C=O) groups is 1. The van der Waals surface area contributed by atoms with Crippen molar-refractivity contribution in [3.63, 3.8) is 0 Å². The van der Waals surface area contributed by atoms with E-state index in [1.54, 1.807) is 6.07 Å². The van der Waals surface area contributed by atoms with Crippen LogP contribution in [0, 0.1) is 0 Å². The van der Waals surface area contributed by atoms with E-state index >= 15 is 0 Å². The van der Waals surface area contributed by atoms with E-state index in [0.29, 0.717) is 4.70 Å². The number of rotatable bonds is 3. The third-order valence-corrected chi connectivity index (χ3v) is 5.29. The fourth-order valence-corrected chi connectivity index (χ4v) is 4.06. The average molecular weight is 381 g/mol. The van der Waals surface area contributed by atoms with E-state index in [4.69, 9.17) is 22.4 Å². The molecule has 0 aliphatic carbocycles. The number of amides is 1. The zero-order valence-electron chi connectivity index (χ0n) is 12.1. The van der Waals surface area contributed by atoms with Gasteiger partial charge < -0.3 is 20.5 Å². The molecular formula is C14H12ClF3N2O3S. The number of aliphatic hydroxyl groups is 1. The zero-order chi connectivity index (χ0) is 17.7. The highest BCUT2D eigenvalue weighted by molar-refractivity contribution is 7.21. The highest BCUT2D eigenvalue weighted by atomic mass is 35.5. The Labute approximate surface area is 143 Å². The number of halogens is 4. The van der Waals surface area contributed by atoms with Crippen LogP contribution >= 0.6 is 22.9 Å². The third-order valence-electron chi connectivity index (χ3n) is 3.65. The Balaban J connectivity index is 1.95. The molecule has 0 spiro atoms. The maximum absolute atomic E-state index is 12.5. The van der Waals surface area contributed by atoms with Crippen molar-refractivity contribution in [2.75, 3.05) is 19.7 Å². The van der Waals surface area contributed by atoms with Gasteiger partial charge in [0.15, 0.2) is 0 Å². The molecule has 1 aromatic carbocycles. The molecule has 0 unspecified atom stereocenters. The molecule has 0 radical (unpaired) electrons. The zero-order valence-corrected chi connectivity index (χ0v) is 13.6. The molecular weight excluding hydrogens is 369 g/mol. The normalized spacial score (nSPS) is 17.0. The first kappa shape index (κ1) is 17.3. The molecule has 130 valence electrons. The first-order valence-electron chi connectivity index (χ1n) is 6.79. The van der Waals surface area contributed by atoms with Gasteiger partial charge in [-0.3, -0.25) is 4.79 Å². The van der Waals surface area contributed by atoms with Crippen LogP contribution in [0.5, 0.6) is 5.75 Å². The lowest BCUT2D eigenvalue weighted by molar-refractivity contribution is -0.274. The van der Waals surface area contributed by atoms with Crippen LogP contribution in [0.15, 0.2) is 18.2 Å². The van der Waals surface area contributed by atoms with Gasteiger partial charge in [0.25, 0.3) is 5.91 Å². The number of carbonyl (C=O) groups excluding carboxylic acids is 1. The first-order valence-corrected chi connectivity index (χ1v) is 7.99. The highest BCUT2D eigenvalue weighted by Gasteiger charge is 2.43. The molecule has 2 aromatic rings. The van der Waals surface area contributed by atoms with E-state index in [1.165, 1.54) is 11.0 Å². The highest BCUT2D eigenvalue weighted by Crippen LogP contribution is 2.43. The van der Waals surface area contributed by atoms with Gasteiger partial charge in [-0.1, -0.05) is 17.7 Å². The van der Waals surface area contributed by atoms with Crippen molar-refractivity contribution >= 4 is 38.9 Å². The predicted molar refractivity (Wildman–Crippen MR) is 83.4 cm³/mol. The van der Waals surface area contributed by atoms with Crippen molar-refractivity contribution in [1.82, 2.24) is 4.90 Å². The lowest BCUT2D eigenvalue weighted by Gasteiger charge is -2.46. The monoisotopic (exact) mass is 380 g/mol. The van der Waals surface area contributed by atoms with E-state index in [2.05, 4.69) is 4.74 Å². The summed E-state index contributed by atoms with van der Waals surface area (Å²) in [6.07, 6.45) is -4.86. The molecule has 5 nitrogen and oxygen atoms in total. The molecule has 1 aliphatic heterocycles. The van der Waals surface area contributed by atoms with Crippen LogP contribution in [0.3, 0.4) is 0 Å². The van der Waals surface area contributed by atoms with E-state index < -0.39 is 23.6 Å². The van der Waals surface area contributed by atoms with Gasteiger partial charge in [0.05, 0.1) is 22.6 Å². The molecule has 1 saturated heterocycles. The summed E-state index contributed by atoms with van der Waals surface area (Å²) in [4.78, 5) is 14.0. The smallest absolute Gasteiger partial charge is 0.405 e. The molecule has 1 aliphatic rings. The van der Waals surface area contributed by atoms with Crippen LogP contribution in [0.4, 0.5) is 13.2 Å². The SMILES string of the molecule is NC1(CO)CN(C(=O)c2sc3cccc(OC(F)(F)F)c3c2Cl)C1. The number of hydrogen-bond acceptors (Lipinski definition) is 5. The Morgan fingerprint density at radius 2 is 2.12 bits per heavy atom. The second-order valence-electron chi connectivity index (χ2n) is 5.60. The standard InChI is InChI=1S/C14H12ClF3N2O3S/c15-10-9-7(23-14(16,17)18)2-1-3-8(9)24-11(10)12(22)20-4-13(19,5-20)6-21/h1-3,21H,4-6,19H2. The van der Waals surface area contributed by atoms with Crippen molar-refractivity contribution in [3.8, 4) is 5.75 Å². The largest absolute Gasteiger partial charge is 0.573 e. The summed E-state index contributed by atoms with van der Waals surface area (Å²) >= 11 is 7.13. The van der Waals surface area contributed by atoms with Crippen molar-refractivity contribution in [2.45, 2.75) is 11.9 Å². The number of alkyl halides is 3. The molecule has 2 heterocycles. The summed E-state index contributed by atoms with van der Waals surface area (Å²) in [6.45, 7) is 0.0398. The summed E-state index contributed by atoms with van der Waals surface area (Å²) < 4.78 is 41.9. The van der Waals surface area contributed by atoms with Gasteiger partial charge >= 0.3 is 6.36 Å². The van der Waals surface area contributed by atoms with Crippen LogP contribution in [0.2, 0.25) is 5.02 Å². The van der Waals surface area contributed by atoms with Gasteiger partial charge in [0.2, 0.25) is 0 Å². The molecule has 0 bridgehead atoms. The second-order valence-corrected chi connectivity index (χ2v) is 7.03. The number of thiophene rings is 1. The predicted octanol–water partition coefficient (Wildman–Crippen LogP) is 2.60. The van der Waals surface area contributed by atoms with Gasteiger partial charge in [-0.25, -0.2) is 0 Å². The van der Waals surface area contributed by atoms with E-state index in [1.807, 2.05) is 0 Å². The molecule has 3 N–H and O–H groups in total. The van der Waals surface area contributed by atoms with Crippen molar-refractivity contribution in [3.05, 3.63) is 28.1 Å². The topological polar surface area (TPSA) is 75.8 Å². The Morgan fingerprint density at radius 1 is 1.46 bits per heavy atom. The Morgan fingerprint density at radius 3 is 2.71 bits per heavy atom. The molecule has 0 atom stereocenters. The summed E-state index contributed by atoms with van der Waals surface area (Å²) in [5.74, 6) is -0.888. The van der Waals surface area contributed by atoms with Gasteiger partial charge in [0, 0.05) is 17.8 Å². The lowest BCUT2D eigenvalue weighted by atomic mass is 9.92. The van der Waals surface area contributed by atoms with Crippen LogP contribution in [0.25, 0.3) is 10.1 Å². The fourth-order valence-electron chi connectivity index (χ4n) is 2.53. The van der Waals surface area contributed by atoms with Gasteiger partial charge in [0.1, 0.15) is 10.6 Å². The van der Waals surface area contributed by atoms with Gasteiger partial charge in [-0.15, -0.1) is 24.5 Å². The van der Waals surface area contributed by atoms with Crippen LogP contribution in [0.1, 0.15) is 9.67 Å². The van der Waals surface area contributed by atoms with Gasteiger partial charge in [-0.05, 0) is 12.1 Å². The second kappa shape index (κ2) is 5.76. The van der Waals surface area contributed by atoms with Crippen LogP contribution < -0.4 is 10.5 Å². The van der Waals surface area contributed by atoms with Crippen molar-refractivity contribution < 1.29 is 27.8 Å². The molecule has 10 heteroatoms. The summed E-state index contributed by atoms with van der Waals surface area (Å²) in [6, 6.07) is 4.09. The minimum atomic E-state index is -4.86. The number of fused-ring (bicyclic) bond motifs is 1. The average Bonchev–Trinajstić information content (AvgIpc) is 2.80. The van der Waals surface area contributed by atoms with Crippen LogP contribution in [-0.4, -0.2) is 47.5 Å². The third kappa shape index (κ3) is 3.04. The minimum Gasteiger partial charge on any atom is -0.405 e. The van der Waals surface area contributed by atoms with Crippen LogP contribution in [-0.2, 0) is 0 Å². The molecule has 1 fully saturated rings. The lowest BCUT2D eigenvalue weighted by Crippen LogP contribution is -2.70. The summed E-state index contributed by atoms with van der Waals surface area (Å²) in [5, 5.41) is 9.08. The fraction of sp³-hybridized carbons (Fsp3) is 0.357. The number of benzene rings is 1. The molecule has 1 amide bonds. The molecule has 24 heavy (non-hydrogen) atoms. The number of nitrogens with zero attached hydrogens (tertiary/aromatic N) is 1. The maximum Gasteiger partial charge on any atom is 0.573 e. The van der Waals surface area contributed by atoms with E-state index in [0.717, 1.165) is 17.4 Å². The quantitative estimate of drug-likeness (QED) is 0.858. The Bertz CT molecular complexity index is 802. The summed E-state index contributed by atoms with van der Waals surface area (Å²) in [5.41, 5.74) is 4.95. The van der Waals surface area contributed by atoms with E-state index in [-0.39, 0.29) is 35.0 Å². The number of likely N-dealkylation sites (tertiary alicyclic amines) is 1.